The Bertz CT molecular complexity index is 1310. The van der Waals surface area contributed by atoms with Crippen molar-refractivity contribution in [3.63, 3.8) is 0 Å². The number of H-pyrrole nitrogens is 1. The van der Waals surface area contributed by atoms with Gasteiger partial charge in [0.2, 0.25) is 0 Å². The van der Waals surface area contributed by atoms with Crippen LogP contribution >= 0.6 is 22.9 Å². The number of amides is 1. The fourth-order valence-electron chi connectivity index (χ4n) is 3.43. The van der Waals surface area contributed by atoms with Gasteiger partial charge in [0.05, 0.1) is 29.9 Å². The SMILES string of the molecule is Cc1nn(Cc2ccccc2Cl)c(C)c1C(=O)N(C)Cc1nc2ccsc2c(=O)[nH]1. The normalized spacial score (nSPS) is 11.2. The molecule has 0 aliphatic carbocycles. The van der Waals surface area contributed by atoms with E-state index in [4.69, 9.17) is 11.6 Å². The van der Waals surface area contributed by atoms with Crippen LogP contribution in [0.3, 0.4) is 0 Å². The van der Waals surface area contributed by atoms with Crippen LogP contribution in [-0.2, 0) is 13.1 Å². The Morgan fingerprint density at radius 1 is 1.27 bits per heavy atom. The van der Waals surface area contributed by atoms with Crippen molar-refractivity contribution in [1.82, 2.24) is 24.6 Å². The molecule has 0 aliphatic heterocycles. The highest BCUT2D eigenvalue weighted by atomic mass is 35.5. The molecule has 0 bridgehead atoms. The summed E-state index contributed by atoms with van der Waals surface area (Å²) < 4.78 is 2.37. The summed E-state index contributed by atoms with van der Waals surface area (Å²) in [6.45, 7) is 4.35. The molecule has 0 aliphatic rings. The van der Waals surface area contributed by atoms with E-state index in [-0.39, 0.29) is 18.0 Å². The van der Waals surface area contributed by atoms with Crippen molar-refractivity contribution in [2.24, 2.45) is 0 Å². The molecule has 0 saturated heterocycles. The summed E-state index contributed by atoms with van der Waals surface area (Å²) in [6, 6.07) is 9.37. The average molecular weight is 442 g/mol. The summed E-state index contributed by atoms with van der Waals surface area (Å²) in [5, 5.41) is 7.03. The Balaban J connectivity index is 1.58. The van der Waals surface area contributed by atoms with Crippen molar-refractivity contribution in [1.29, 1.82) is 0 Å². The highest BCUT2D eigenvalue weighted by Crippen LogP contribution is 2.21. The first-order chi connectivity index (χ1) is 14.3. The van der Waals surface area contributed by atoms with Crippen molar-refractivity contribution < 1.29 is 4.79 Å². The van der Waals surface area contributed by atoms with Gasteiger partial charge in [-0.1, -0.05) is 29.8 Å². The summed E-state index contributed by atoms with van der Waals surface area (Å²) in [4.78, 5) is 34.1. The fraction of sp³-hybridized carbons (Fsp3) is 0.238. The molecule has 0 saturated carbocycles. The number of hydrogen-bond acceptors (Lipinski definition) is 5. The van der Waals surface area contributed by atoms with Gasteiger partial charge in [0.1, 0.15) is 10.5 Å². The summed E-state index contributed by atoms with van der Waals surface area (Å²) in [5.74, 6) is 0.268. The quantitative estimate of drug-likeness (QED) is 0.511. The van der Waals surface area contributed by atoms with E-state index in [0.717, 1.165) is 11.3 Å². The zero-order chi connectivity index (χ0) is 21.4. The molecule has 1 N–H and O–H groups in total. The summed E-state index contributed by atoms with van der Waals surface area (Å²) in [5.41, 5.74) is 3.34. The fourth-order valence-corrected chi connectivity index (χ4v) is 4.35. The zero-order valence-corrected chi connectivity index (χ0v) is 18.3. The third-order valence-electron chi connectivity index (χ3n) is 4.97. The second kappa shape index (κ2) is 8.04. The monoisotopic (exact) mass is 441 g/mol. The van der Waals surface area contributed by atoms with E-state index < -0.39 is 0 Å². The first kappa shape index (κ1) is 20.3. The number of rotatable bonds is 5. The van der Waals surface area contributed by atoms with Crippen LogP contribution in [0.25, 0.3) is 10.2 Å². The largest absolute Gasteiger partial charge is 0.334 e. The predicted octanol–water partition coefficient (Wildman–Crippen LogP) is 3.77. The number of fused-ring (bicyclic) bond motifs is 1. The van der Waals surface area contributed by atoms with Crippen LogP contribution in [0.5, 0.6) is 0 Å². The third kappa shape index (κ3) is 3.76. The highest BCUT2D eigenvalue weighted by molar-refractivity contribution is 7.17. The number of nitrogens with one attached hydrogen (secondary N) is 1. The lowest BCUT2D eigenvalue weighted by Crippen LogP contribution is -2.29. The number of aromatic nitrogens is 4. The number of hydrogen-bond donors (Lipinski definition) is 1. The van der Waals surface area contributed by atoms with Crippen molar-refractivity contribution >= 4 is 39.1 Å². The zero-order valence-electron chi connectivity index (χ0n) is 16.8. The van der Waals surface area contributed by atoms with Gasteiger partial charge in [0.15, 0.2) is 0 Å². The molecule has 3 aromatic heterocycles. The van der Waals surface area contributed by atoms with E-state index in [9.17, 15) is 9.59 Å². The van der Waals surface area contributed by atoms with E-state index in [1.165, 1.54) is 16.2 Å². The molecule has 4 rings (SSSR count). The second-order valence-electron chi connectivity index (χ2n) is 7.10. The molecule has 30 heavy (non-hydrogen) atoms. The Labute approximate surface area is 181 Å². The molecule has 1 amide bonds. The molecule has 3 heterocycles. The number of thiophene rings is 1. The molecule has 0 atom stereocenters. The summed E-state index contributed by atoms with van der Waals surface area (Å²) in [6.07, 6.45) is 0. The Hall–Kier alpha value is -2.97. The first-order valence-electron chi connectivity index (χ1n) is 9.34. The van der Waals surface area contributed by atoms with Gasteiger partial charge in [-0.3, -0.25) is 14.3 Å². The summed E-state index contributed by atoms with van der Waals surface area (Å²) >= 11 is 7.62. The van der Waals surface area contributed by atoms with E-state index >= 15 is 0 Å². The smallest absolute Gasteiger partial charge is 0.268 e. The van der Waals surface area contributed by atoms with Gasteiger partial charge in [-0.15, -0.1) is 11.3 Å². The van der Waals surface area contributed by atoms with Crippen LogP contribution in [0, 0.1) is 13.8 Å². The number of carbonyl (C=O) groups excluding carboxylic acids is 1. The lowest BCUT2D eigenvalue weighted by Gasteiger charge is -2.17. The molecule has 154 valence electrons. The highest BCUT2D eigenvalue weighted by Gasteiger charge is 2.23. The van der Waals surface area contributed by atoms with Gasteiger partial charge in [-0.2, -0.15) is 5.10 Å². The van der Waals surface area contributed by atoms with Crippen molar-refractivity contribution in [2.45, 2.75) is 26.9 Å². The molecule has 1 aromatic carbocycles. The predicted molar refractivity (Wildman–Crippen MR) is 118 cm³/mol. The maximum atomic E-state index is 13.2. The number of nitrogens with zero attached hydrogens (tertiary/aromatic N) is 4. The molecule has 9 heteroatoms. The van der Waals surface area contributed by atoms with Crippen LogP contribution in [0.1, 0.15) is 33.1 Å². The van der Waals surface area contributed by atoms with Crippen LogP contribution in [0.4, 0.5) is 0 Å². The minimum Gasteiger partial charge on any atom is -0.334 e. The maximum Gasteiger partial charge on any atom is 0.268 e. The Morgan fingerprint density at radius 2 is 2.03 bits per heavy atom. The number of halogens is 1. The van der Waals surface area contributed by atoms with E-state index in [0.29, 0.717) is 38.9 Å². The minimum atomic E-state index is -0.189. The lowest BCUT2D eigenvalue weighted by molar-refractivity contribution is 0.0780. The van der Waals surface area contributed by atoms with E-state index in [1.54, 1.807) is 17.8 Å². The lowest BCUT2D eigenvalue weighted by atomic mass is 10.1. The number of benzene rings is 1. The molecular weight excluding hydrogens is 422 g/mol. The summed E-state index contributed by atoms with van der Waals surface area (Å²) in [7, 11) is 1.68. The van der Waals surface area contributed by atoms with Crippen LogP contribution < -0.4 is 5.56 Å². The number of aromatic amines is 1. The second-order valence-corrected chi connectivity index (χ2v) is 8.43. The van der Waals surface area contributed by atoms with Gasteiger partial charge in [-0.25, -0.2) is 4.98 Å². The van der Waals surface area contributed by atoms with Crippen LogP contribution in [0.2, 0.25) is 5.02 Å². The van der Waals surface area contributed by atoms with Crippen molar-refractivity contribution in [3.05, 3.63) is 79.4 Å². The molecule has 0 fully saturated rings. The molecule has 0 spiro atoms. The molecule has 0 unspecified atom stereocenters. The van der Waals surface area contributed by atoms with Gasteiger partial charge in [0, 0.05) is 17.8 Å². The minimum absolute atomic E-state index is 0.177. The van der Waals surface area contributed by atoms with Gasteiger partial charge >= 0.3 is 0 Å². The van der Waals surface area contributed by atoms with Gasteiger partial charge in [-0.05, 0) is 36.9 Å². The first-order valence-corrected chi connectivity index (χ1v) is 10.6. The molecule has 0 radical (unpaired) electrons. The van der Waals surface area contributed by atoms with E-state index in [2.05, 4.69) is 15.1 Å². The molecule has 4 aromatic rings. The molecular formula is C21H20ClN5O2S. The average Bonchev–Trinajstić information content (AvgIpc) is 3.28. The van der Waals surface area contributed by atoms with Crippen molar-refractivity contribution in [3.8, 4) is 0 Å². The molecule has 7 nitrogen and oxygen atoms in total. The van der Waals surface area contributed by atoms with Gasteiger partial charge < -0.3 is 9.88 Å². The third-order valence-corrected chi connectivity index (χ3v) is 6.24. The van der Waals surface area contributed by atoms with Crippen molar-refractivity contribution in [2.75, 3.05) is 7.05 Å². The number of aryl methyl sites for hydroxylation is 1. The Morgan fingerprint density at radius 3 is 2.80 bits per heavy atom. The van der Waals surface area contributed by atoms with E-state index in [1.807, 2.05) is 43.5 Å². The number of carbonyl (C=O) groups is 1. The van der Waals surface area contributed by atoms with Crippen LogP contribution in [0.15, 0.2) is 40.5 Å². The Kier molecular flexibility index (Phi) is 5.44. The topological polar surface area (TPSA) is 83.9 Å². The van der Waals surface area contributed by atoms with Gasteiger partial charge in [0.25, 0.3) is 11.5 Å². The maximum absolute atomic E-state index is 13.2. The standard InChI is InChI=1S/C21H20ClN5O2S/c1-12-18(13(2)27(25-12)10-14-6-4-5-7-15(14)22)21(29)26(3)11-17-23-16-8-9-30-19(16)20(28)24-17/h4-9H,10-11H2,1-3H3,(H,23,24,28). The van der Waals surface area contributed by atoms with Crippen LogP contribution in [-0.4, -0.2) is 37.6 Å².